The Labute approximate surface area is 95.6 Å². The highest BCUT2D eigenvalue weighted by Gasteiger charge is 2.11. The number of carbonyl (C=O) groups excluding carboxylic acids is 1. The number of urea groups is 1. The van der Waals surface area contributed by atoms with Gasteiger partial charge < -0.3 is 15.7 Å². The van der Waals surface area contributed by atoms with E-state index in [1.807, 2.05) is 0 Å². The van der Waals surface area contributed by atoms with E-state index in [9.17, 15) is 9.59 Å². The van der Waals surface area contributed by atoms with Crippen LogP contribution in [-0.2, 0) is 4.79 Å². The lowest BCUT2D eigenvalue weighted by atomic mass is 10.2. The molecule has 2 amide bonds. The average molecular weight is 226 g/mol. The van der Waals surface area contributed by atoms with Crippen molar-refractivity contribution >= 4 is 12.0 Å². The normalized spacial score (nSPS) is 11.2. The summed E-state index contributed by atoms with van der Waals surface area (Å²) in [4.78, 5) is 21.6. The van der Waals surface area contributed by atoms with Crippen LogP contribution in [0, 0.1) is 18.3 Å². The second-order valence-corrected chi connectivity index (χ2v) is 3.54. The van der Waals surface area contributed by atoms with Crippen LogP contribution < -0.4 is 10.6 Å². The van der Waals surface area contributed by atoms with E-state index in [4.69, 9.17) is 11.5 Å². The summed E-state index contributed by atoms with van der Waals surface area (Å²) in [6, 6.07) is -0.339. The quantitative estimate of drug-likeness (QED) is 0.444. The van der Waals surface area contributed by atoms with E-state index in [1.165, 1.54) is 6.92 Å². The van der Waals surface area contributed by atoms with Crippen LogP contribution in [0.15, 0.2) is 0 Å². The number of hydrogen-bond acceptors (Lipinski definition) is 2. The Morgan fingerprint density at radius 2 is 2.06 bits per heavy atom. The Kier molecular flexibility index (Phi) is 7.68. The summed E-state index contributed by atoms with van der Waals surface area (Å²) in [6.07, 6.45) is 7.49. The molecule has 0 rings (SSSR count). The van der Waals surface area contributed by atoms with Crippen LogP contribution in [-0.4, -0.2) is 30.2 Å². The molecule has 0 radical (unpaired) electrons. The molecule has 0 heterocycles. The van der Waals surface area contributed by atoms with Gasteiger partial charge in [0.05, 0.1) is 5.92 Å². The first-order valence-electron chi connectivity index (χ1n) is 5.26. The summed E-state index contributed by atoms with van der Waals surface area (Å²) in [6.45, 7) is 2.22. The van der Waals surface area contributed by atoms with E-state index in [0.717, 1.165) is 12.8 Å². The molecule has 5 heteroatoms. The van der Waals surface area contributed by atoms with Crippen LogP contribution >= 0.6 is 0 Å². The predicted molar refractivity (Wildman–Crippen MR) is 60.9 cm³/mol. The molecule has 0 aromatic heterocycles. The first-order chi connectivity index (χ1) is 7.57. The highest BCUT2D eigenvalue weighted by atomic mass is 16.4. The Morgan fingerprint density at radius 1 is 1.38 bits per heavy atom. The third kappa shape index (κ3) is 7.68. The van der Waals surface area contributed by atoms with E-state index in [0.29, 0.717) is 13.0 Å². The number of carboxylic acids is 1. The molecule has 0 bridgehead atoms. The fourth-order valence-electron chi connectivity index (χ4n) is 0.950. The van der Waals surface area contributed by atoms with Gasteiger partial charge >= 0.3 is 12.0 Å². The first-order valence-corrected chi connectivity index (χ1v) is 5.26. The topological polar surface area (TPSA) is 78.4 Å². The summed E-state index contributed by atoms with van der Waals surface area (Å²) in [7, 11) is 0. The van der Waals surface area contributed by atoms with Crippen LogP contribution in [0.5, 0.6) is 0 Å². The van der Waals surface area contributed by atoms with Gasteiger partial charge in [-0.3, -0.25) is 4.79 Å². The van der Waals surface area contributed by atoms with Crippen molar-refractivity contribution < 1.29 is 14.7 Å². The molecule has 0 aromatic carbocycles. The minimum absolute atomic E-state index is 0.130. The Hall–Kier alpha value is -1.70. The molecule has 0 aliphatic carbocycles. The number of carbonyl (C=O) groups is 2. The molecular formula is C11H18N2O3. The van der Waals surface area contributed by atoms with Gasteiger partial charge in [-0.1, -0.05) is 6.92 Å². The standard InChI is InChI=1S/C11H18N2O3/c1-3-4-5-6-7-12-11(16)13-8-9(2)10(14)15/h1,9H,4-8H2,2H3,(H,14,15)(H2,12,13,16). The number of rotatable bonds is 7. The number of terminal acetylenes is 1. The number of unbranched alkanes of at least 4 members (excludes halogenated alkanes) is 2. The van der Waals surface area contributed by atoms with Crippen LogP contribution in [0.2, 0.25) is 0 Å². The molecule has 0 aliphatic rings. The van der Waals surface area contributed by atoms with Gasteiger partial charge in [0.25, 0.3) is 0 Å². The lowest BCUT2D eigenvalue weighted by molar-refractivity contribution is -0.140. The zero-order chi connectivity index (χ0) is 12.4. The summed E-state index contributed by atoms with van der Waals surface area (Å²) in [5, 5.41) is 13.7. The third-order valence-corrected chi connectivity index (χ3v) is 2.02. The van der Waals surface area contributed by atoms with E-state index in [1.54, 1.807) is 0 Å². The Balaban J connectivity index is 3.45. The highest BCUT2D eigenvalue weighted by molar-refractivity contribution is 5.75. The van der Waals surface area contributed by atoms with Crippen molar-refractivity contribution in [1.29, 1.82) is 0 Å². The van der Waals surface area contributed by atoms with Gasteiger partial charge in [-0.05, 0) is 12.8 Å². The zero-order valence-electron chi connectivity index (χ0n) is 9.45. The molecule has 0 saturated heterocycles. The molecule has 3 N–H and O–H groups in total. The molecule has 5 nitrogen and oxygen atoms in total. The fourth-order valence-corrected chi connectivity index (χ4v) is 0.950. The number of carboxylic acid groups (broad SMARTS) is 1. The van der Waals surface area contributed by atoms with Gasteiger partial charge in [0, 0.05) is 19.5 Å². The van der Waals surface area contributed by atoms with E-state index < -0.39 is 11.9 Å². The van der Waals surface area contributed by atoms with Crippen molar-refractivity contribution in [3.8, 4) is 12.3 Å². The monoisotopic (exact) mass is 226 g/mol. The number of nitrogens with one attached hydrogen (secondary N) is 2. The van der Waals surface area contributed by atoms with E-state index >= 15 is 0 Å². The van der Waals surface area contributed by atoms with Gasteiger partial charge in [0.15, 0.2) is 0 Å². The van der Waals surface area contributed by atoms with Crippen LogP contribution in [0.25, 0.3) is 0 Å². The Bertz CT molecular complexity index is 271. The molecule has 1 atom stereocenters. The Morgan fingerprint density at radius 3 is 2.62 bits per heavy atom. The lowest BCUT2D eigenvalue weighted by Gasteiger charge is -2.09. The zero-order valence-corrected chi connectivity index (χ0v) is 9.45. The van der Waals surface area contributed by atoms with Gasteiger partial charge in [-0.2, -0.15) is 0 Å². The van der Waals surface area contributed by atoms with Crippen LogP contribution in [0.3, 0.4) is 0 Å². The van der Waals surface area contributed by atoms with Gasteiger partial charge in [0.1, 0.15) is 0 Å². The smallest absolute Gasteiger partial charge is 0.314 e. The van der Waals surface area contributed by atoms with Gasteiger partial charge in [-0.25, -0.2) is 4.79 Å². The molecule has 0 aliphatic heterocycles. The number of amides is 2. The largest absolute Gasteiger partial charge is 0.481 e. The van der Waals surface area contributed by atoms with Crippen molar-refractivity contribution in [1.82, 2.24) is 10.6 Å². The van der Waals surface area contributed by atoms with Gasteiger partial charge in [-0.15, -0.1) is 12.3 Å². The summed E-state index contributed by atoms with van der Waals surface area (Å²) in [5.74, 6) is 1.02. The molecule has 0 saturated carbocycles. The van der Waals surface area contributed by atoms with Crippen molar-refractivity contribution in [2.75, 3.05) is 13.1 Å². The summed E-state index contributed by atoms with van der Waals surface area (Å²) < 4.78 is 0. The molecule has 16 heavy (non-hydrogen) atoms. The maximum absolute atomic E-state index is 11.1. The molecule has 90 valence electrons. The summed E-state index contributed by atoms with van der Waals surface area (Å²) >= 11 is 0. The second-order valence-electron chi connectivity index (χ2n) is 3.54. The van der Waals surface area contributed by atoms with Crippen molar-refractivity contribution in [3.63, 3.8) is 0 Å². The molecule has 1 unspecified atom stereocenters. The van der Waals surface area contributed by atoms with Crippen LogP contribution in [0.1, 0.15) is 26.2 Å². The maximum atomic E-state index is 11.1. The van der Waals surface area contributed by atoms with Gasteiger partial charge in [0.2, 0.25) is 0 Å². The average Bonchev–Trinajstić information content (AvgIpc) is 2.25. The minimum atomic E-state index is -0.922. The number of hydrogen-bond donors (Lipinski definition) is 3. The first kappa shape index (κ1) is 14.3. The van der Waals surface area contributed by atoms with Crippen molar-refractivity contribution in [3.05, 3.63) is 0 Å². The van der Waals surface area contributed by atoms with Crippen LogP contribution in [0.4, 0.5) is 4.79 Å². The van der Waals surface area contributed by atoms with Crippen molar-refractivity contribution in [2.24, 2.45) is 5.92 Å². The molecular weight excluding hydrogens is 208 g/mol. The fraction of sp³-hybridized carbons (Fsp3) is 0.636. The lowest BCUT2D eigenvalue weighted by Crippen LogP contribution is -2.39. The molecule has 0 aromatic rings. The summed E-state index contributed by atoms with van der Waals surface area (Å²) in [5.41, 5.74) is 0. The maximum Gasteiger partial charge on any atom is 0.314 e. The van der Waals surface area contributed by atoms with Crippen molar-refractivity contribution in [2.45, 2.75) is 26.2 Å². The third-order valence-electron chi connectivity index (χ3n) is 2.02. The molecule has 0 spiro atoms. The minimum Gasteiger partial charge on any atom is -0.481 e. The number of aliphatic carboxylic acids is 1. The van der Waals surface area contributed by atoms with E-state index in [2.05, 4.69) is 16.6 Å². The second kappa shape index (κ2) is 8.60. The van der Waals surface area contributed by atoms with E-state index in [-0.39, 0.29) is 12.6 Å². The highest BCUT2D eigenvalue weighted by Crippen LogP contribution is 1.92. The SMILES string of the molecule is C#CCCCCNC(=O)NCC(C)C(=O)O. The predicted octanol–water partition coefficient (Wildman–Crippen LogP) is 0.810. The molecule has 0 fully saturated rings.